The summed E-state index contributed by atoms with van der Waals surface area (Å²) in [5, 5.41) is -1.54. The average Bonchev–Trinajstić information content (AvgIpc) is 3.51. The van der Waals surface area contributed by atoms with Crippen LogP contribution in [0.5, 0.6) is 11.5 Å². The van der Waals surface area contributed by atoms with Gasteiger partial charge in [0.05, 0.1) is 58.4 Å². The van der Waals surface area contributed by atoms with Crippen molar-refractivity contribution in [2.24, 2.45) is 0 Å². The maximum absolute atomic E-state index is 9.90. The zero-order valence-electron chi connectivity index (χ0n) is 54.8. The van der Waals surface area contributed by atoms with Crippen LogP contribution >= 0.6 is 0 Å². The lowest BCUT2D eigenvalue weighted by molar-refractivity contribution is 0.472. The van der Waals surface area contributed by atoms with Crippen molar-refractivity contribution in [1.29, 1.82) is 0 Å². The lowest BCUT2D eigenvalue weighted by atomic mass is 9.72. The van der Waals surface area contributed by atoms with E-state index in [0.717, 1.165) is 0 Å². The van der Waals surface area contributed by atoms with E-state index in [4.69, 9.17) is 23.9 Å². The number of nitrogens with zero attached hydrogens (tertiary/aromatic N) is 2. The van der Waals surface area contributed by atoms with Crippen LogP contribution in [-0.4, -0.2) is 0 Å². The Morgan fingerprint density at radius 3 is 2.02 bits per heavy atom. The molecule has 0 atom stereocenters. The van der Waals surface area contributed by atoms with E-state index in [-0.39, 0.29) is 4.90 Å². The second kappa shape index (κ2) is 10.1. The molecule has 220 valence electrons. The van der Waals surface area contributed by atoms with Gasteiger partial charge in [0.1, 0.15) is 0 Å². The minimum Gasteiger partial charge on any atom is -0.453 e. The van der Waals surface area contributed by atoms with Crippen LogP contribution in [0.1, 0.15) is 68.7 Å². The summed E-state index contributed by atoms with van der Waals surface area (Å²) in [5.41, 5.74) is -16.2. The van der Waals surface area contributed by atoms with Crippen molar-refractivity contribution in [3.63, 3.8) is 0 Å². The molecular formula is C43H32N2O. The maximum Gasteiger partial charge on any atom is 0.152 e. The number of hydrogen-bond donors (Lipinski definition) is 0. The third-order valence-electron chi connectivity index (χ3n) is 7.24. The van der Waals surface area contributed by atoms with Gasteiger partial charge in [-0.05, 0) is 70.4 Å². The van der Waals surface area contributed by atoms with Crippen LogP contribution in [0.4, 0.5) is 34.1 Å². The van der Waals surface area contributed by atoms with E-state index in [1.807, 2.05) is 0 Å². The van der Waals surface area contributed by atoms with Gasteiger partial charge in [-0.3, -0.25) is 0 Å². The molecule has 2 heterocycles. The molecule has 2 aliphatic rings. The molecule has 0 amide bonds. The fourth-order valence-corrected chi connectivity index (χ4v) is 5.35. The van der Waals surface area contributed by atoms with Crippen molar-refractivity contribution in [3.8, 4) is 22.6 Å². The summed E-state index contributed by atoms with van der Waals surface area (Å²) < 4.78 is 296. The Bertz CT molecular complexity index is 3860. The lowest BCUT2D eigenvalue weighted by Crippen LogP contribution is -2.34. The highest BCUT2D eigenvalue weighted by atomic mass is 16.5. The monoisotopic (exact) mass is 624 g/mol. The summed E-state index contributed by atoms with van der Waals surface area (Å²) in [7, 11) is 0. The van der Waals surface area contributed by atoms with E-state index in [1.165, 1.54) is 0 Å². The normalized spacial score (nSPS) is 24.1. The van der Waals surface area contributed by atoms with Crippen LogP contribution in [0.25, 0.3) is 21.9 Å². The Morgan fingerprint density at radius 2 is 1.22 bits per heavy atom. The number of fused-ring (bicyclic) bond motifs is 6. The second-order valence-electron chi connectivity index (χ2n) is 9.77. The Balaban J connectivity index is 1.65. The molecule has 0 spiro atoms. The molecule has 3 heteroatoms. The molecule has 0 unspecified atom stereocenters. The first-order valence-corrected chi connectivity index (χ1v) is 13.2. The van der Waals surface area contributed by atoms with Gasteiger partial charge >= 0.3 is 0 Å². The third-order valence-corrected chi connectivity index (χ3v) is 7.24. The molecule has 2 aliphatic heterocycles. The number of hydrogen-bond acceptors (Lipinski definition) is 3. The fourth-order valence-electron chi connectivity index (χ4n) is 5.35. The summed E-state index contributed by atoms with van der Waals surface area (Å²) in [6.45, 7) is -8.56. The summed E-state index contributed by atoms with van der Waals surface area (Å²) in [6, 6.07) is -30.8. The predicted molar refractivity (Wildman–Crippen MR) is 191 cm³/mol. The molecule has 0 saturated heterocycles. The average molecular weight is 625 g/mol. The van der Waals surface area contributed by atoms with E-state index in [2.05, 4.69) is 0 Å². The highest BCUT2D eigenvalue weighted by molar-refractivity contribution is 6.07. The zero-order valence-corrected chi connectivity index (χ0v) is 22.8. The van der Waals surface area contributed by atoms with Crippen LogP contribution in [0, 0.1) is 0 Å². The zero-order chi connectivity index (χ0) is 58.5. The Kier molecular flexibility index (Phi) is 2.11. The standard InChI is InChI=1S/C43H32N2O/c1-43(2)35-19-11-12-20-36(35)45-41-34-18-10-9-15-31(34)23-27-38(41)46-39-28-26-37(40(43)42(39)45)44(32-16-7-4-8-17-32)33-24-21-30(22-25-33)29-13-5-3-6-14-29/h3-28H,1-2H3/i1D3,2D3,3D,4D,5D,6D,7D,8D,9D,10D,11D,12D,13D,14D,15D,16D,17D,18D,19D,20D,21D,22D,23D,24D,25D,26D,27D,28D. The van der Waals surface area contributed by atoms with Crippen molar-refractivity contribution in [2.45, 2.75) is 19.1 Å². The van der Waals surface area contributed by atoms with E-state index in [1.54, 1.807) is 0 Å². The van der Waals surface area contributed by atoms with Crippen LogP contribution in [0.3, 0.4) is 0 Å². The summed E-state index contributed by atoms with van der Waals surface area (Å²) >= 11 is 0. The van der Waals surface area contributed by atoms with Crippen molar-refractivity contribution in [1.82, 2.24) is 0 Å². The van der Waals surface area contributed by atoms with E-state index in [0.29, 0.717) is 4.90 Å². The number of anilines is 6. The molecular weight excluding hydrogens is 560 g/mol. The number of rotatable bonds is 4. The molecule has 9 rings (SSSR count). The SMILES string of the molecule is [2H]c1c([2H])c([2H])c(-c2c([2H])c([2H])c(N(c3c([2H])c([2H])c([2H])c([2H])c3[2H])c3c([2H])c([2H])c4c5c3C(C([2H])([2H])[2H])(C([2H])([2H])[2H])c3c([2H])c([2H])c([2H])c([2H])c3N5c3c(c([2H])c([2H])c5c([2H])c([2H])c([2H])c([2H])c35)O4)c([2H])c2[2H])c([2H])c1[2H]. The molecule has 0 aromatic heterocycles. The summed E-state index contributed by atoms with van der Waals surface area (Å²) in [5.74, 6) is -2.08. The fraction of sp³-hybridized carbons (Fsp3) is 0.0698. The summed E-state index contributed by atoms with van der Waals surface area (Å²) in [6.07, 6.45) is 0. The van der Waals surface area contributed by atoms with E-state index in [9.17, 15) is 24.7 Å². The number of para-hydroxylation sites is 2. The molecule has 46 heavy (non-hydrogen) atoms. The largest absolute Gasteiger partial charge is 0.453 e. The first-order chi connectivity index (χ1) is 35.9. The van der Waals surface area contributed by atoms with Gasteiger partial charge in [-0.2, -0.15) is 0 Å². The Morgan fingerprint density at radius 1 is 0.587 bits per heavy atom. The topological polar surface area (TPSA) is 15.7 Å². The van der Waals surface area contributed by atoms with E-state index < -0.39 is 255 Å². The maximum atomic E-state index is 9.90. The van der Waals surface area contributed by atoms with Crippen LogP contribution < -0.4 is 14.5 Å². The predicted octanol–water partition coefficient (Wildman–Crippen LogP) is 12.2. The highest BCUT2D eigenvalue weighted by Crippen LogP contribution is 2.63. The smallest absolute Gasteiger partial charge is 0.152 e. The van der Waals surface area contributed by atoms with Gasteiger partial charge in [-0.15, -0.1) is 0 Å². The highest BCUT2D eigenvalue weighted by Gasteiger charge is 2.44. The van der Waals surface area contributed by atoms with Gasteiger partial charge in [0.25, 0.3) is 0 Å². The number of ether oxygens (including phenoxy) is 1. The quantitative estimate of drug-likeness (QED) is 0.194. The first-order valence-electron chi connectivity index (χ1n) is 29.2. The molecule has 0 N–H and O–H groups in total. The minimum atomic E-state index is -4.28. The van der Waals surface area contributed by atoms with Crippen molar-refractivity contribution in [3.05, 3.63) is 168 Å². The van der Waals surface area contributed by atoms with Gasteiger partial charge in [0.2, 0.25) is 0 Å². The molecule has 0 bridgehead atoms. The van der Waals surface area contributed by atoms with Gasteiger partial charge in [0, 0.05) is 36.0 Å². The molecule has 3 nitrogen and oxygen atoms in total. The van der Waals surface area contributed by atoms with Gasteiger partial charge in [-0.25, -0.2) is 0 Å². The van der Waals surface area contributed by atoms with Crippen LogP contribution in [-0.2, 0) is 5.41 Å². The summed E-state index contributed by atoms with van der Waals surface area (Å²) in [4.78, 5) is 0.719. The number of benzene rings is 7. The van der Waals surface area contributed by atoms with Crippen molar-refractivity contribution in [2.75, 3.05) is 9.80 Å². The minimum absolute atomic E-state index is 0.145. The van der Waals surface area contributed by atoms with Gasteiger partial charge in [-0.1, -0.05) is 122 Å². The van der Waals surface area contributed by atoms with Crippen LogP contribution in [0.2, 0.25) is 0 Å². The van der Waals surface area contributed by atoms with Crippen molar-refractivity contribution < 1.29 is 48.6 Å². The van der Waals surface area contributed by atoms with E-state index >= 15 is 0 Å². The Hall–Kier alpha value is -5.80. The molecule has 0 aliphatic carbocycles. The molecule has 0 saturated carbocycles. The van der Waals surface area contributed by atoms with Gasteiger partial charge in [0.15, 0.2) is 11.5 Å². The Labute approximate surface area is 314 Å². The van der Waals surface area contributed by atoms with Gasteiger partial charge < -0.3 is 14.5 Å². The lowest BCUT2D eigenvalue weighted by Gasteiger charge is -2.47. The second-order valence-corrected chi connectivity index (χ2v) is 9.77. The molecule has 0 fully saturated rings. The van der Waals surface area contributed by atoms with Crippen LogP contribution in [0.15, 0.2) is 157 Å². The first kappa shape index (κ1) is 9.60. The molecule has 0 radical (unpaired) electrons. The van der Waals surface area contributed by atoms with Crippen molar-refractivity contribution >= 4 is 44.9 Å². The molecule has 7 aromatic carbocycles. The third kappa shape index (κ3) is 3.92. The molecule has 7 aromatic rings.